The number of aryl methyl sites for hydroxylation is 1. The van der Waals surface area contributed by atoms with Crippen LogP contribution in [0.5, 0.6) is 5.75 Å². The zero-order valence-electron chi connectivity index (χ0n) is 15.8. The molecule has 2 aromatic carbocycles. The highest BCUT2D eigenvalue weighted by Crippen LogP contribution is 2.28. The molecule has 1 aliphatic heterocycles. The Labute approximate surface area is 184 Å². The van der Waals surface area contributed by atoms with Gasteiger partial charge in [-0.05, 0) is 54.5 Å². The van der Waals surface area contributed by atoms with Gasteiger partial charge in [0, 0.05) is 42.8 Å². The number of alkyl halides is 2. The smallest absolute Gasteiger partial charge is 0.387 e. The third-order valence-corrected chi connectivity index (χ3v) is 5.61. The molecule has 1 fully saturated rings. The summed E-state index contributed by atoms with van der Waals surface area (Å²) in [6.45, 7) is 2.75. The molecule has 1 N–H and O–H groups in total. The zero-order chi connectivity index (χ0) is 21.0. The van der Waals surface area contributed by atoms with Gasteiger partial charge >= 0.3 is 6.61 Å². The second-order valence-electron chi connectivity index (χ2n) is 6.81. The first kappa shape index (κ1) is 22.0. The van der Waals surface area contributed by atoms with E-state index >= 15 is 0 Å². The molecule has 0 amide bonds. The van der Waals surface area contributed by atoms with Crippen molar-refractivity contribution in [3.8, 4) is 5.75 Å². The van der Waals surface area contributed by atoms with Crippen molar-refractivity contribution in [2.45, 2.75) is 20.1 Å². The average Bonchev–Trinajstić information content (AvgIpc) is 2.66. The Bertz CT molecular complexity index is 877. The molecule has 1 heterocycles. The molecule has 0 bridgehead atoms. The molecule has 2 aromatic rings. The first-order valence-electron chi connectivity index (χ1n) is 9.09. The lowest BCUT2D eigenvalue weighted by Gasteiger charge is -2.36. The first-order valence-corrected chi connectivity index (χ1v) is 10.3. The van der Waals surface area contributed by atoms with Crippen LogP contribution in [0.15, 0.2) is 36.4 Å². The van der Waals surface area contributed by atoms with E-state index in [0.717, 1.165) is 30.8 Å². The van der Waals surface area contributed by atoms with E-state index in [2.05, 4.69) is 15.0 Å². The fourth-order valence-corrected chi connectivity index (χ4v) is 3.90. The van der Waals surface area contributed by atoms with Gasteiger partial charge in [-0.1, -0.05) is 35.3 Å². The quantitative estimate of drug-likeness (QED) is 0.602. The Hall–Kier alpha value is -1.67. The molecule has 1 saturated heterocycles. The Morgan fingerprint density at radius 3 is 2.52 bits per heavy atom. The molecule has 0 spiro atoms. The molecule has 29 heavy (non-hydrogen) atoms. The Morgan fingerprint density at radius 1 is 1.14 bits per heavy atom. The summed E-state index contributed by atoms with van der Waals surface area (Å²) in [5.41, 5.74) is 2.38. The van der Waals surface area contributed by atoms with Gasteiger partial charge in [0.1, 0.15) is 5.75 Å². The lowest BCUT2D eigenvalue weighted by Crippen LogP contribution is -2.49. The van der Waals surface area contributed by atoms with Crippen LogP contribution >= 0.6 is 35.4 Å². The van der Waals surface area contributed by atoms with Crippen molar-refractivity contribution in [1.82, 2.24) is 9.80 Å². The van der Waals surface area contributed by atoms with E-state index in [-0.39, 0.29) is 5.75 Å². The predicted octanol–water partition coefficient (Wildman–Crippen LogP) is 5.42. The van der Waals surface area contributed by atoms with Gasteiger partial charge in [0.2, 0.25) is 0 Å². The van der Waals surface area contributed by atoms with Gasteiger partial charge in [0.05, 0.1) is 5.69 Å². The normalized spacial score (nSPS) is 14.9. The van der Waals surface area contributed by atoms with E-state index in [1.165, 1.54) is 6.07 Å². The SMILES string of the molecule is Cc1ccc(OC(F)F)c(NC(=S)N2CCN(Cc3ccc(Cl)cc3Cl)CC2)c1. The van der Waals surface area contributed by atoms with Gasteiger partial charge in [-0.3, -0.25) is 4.90 Å². The van der Waals surface area contributed by atoms with Crippen molar-refractivity contribution in [2.24, 2.45) is 0 Å². The molecular weight excluding hydrogens is 439 g/mol. The van der Waals surface area contributed by atoms with Crippen LogP contribution in [-0.2, 0) is 6.54 Å². The van der Waals surface area contributed by atoms with Gasteiger partial charge < -0.3 is 15.0 Å². The largest absolute Gasteiger partial charge is 0.433 e. The fraction of sp³-hybridized carbons (Fsp3) is 0.350. The van der Waals surface area contributed by atoms with E-state index in [9.17, 15) is 8.78 Å². The molecule has 0 unspecified atom stereocenters. The Balaban J connectivity index is 1.57. The molecule has 156 valence electrons. The van der Waals surface area contributed by atoms with Gasteiger partial charge in [0.15, 0.2) is 5.11 Å². The number of hydrogen-bond donors (Lipinski definition) is 1. The van der Waals surface area contributed by atoms with Crippen LogP contribution in [-0.4, -0.2) is 47.7 Å². The maximum absolute atomic E-state index is 12.7. The Morgan fingerprint density at radius 2 is 1.86 bits per heavy atom. The maximum atomic E-state index is 12.7. The number of nitrogens with one attached hydrogen (secondary N) is 1. The third-order valence-electron chi connectivity index (χ3n) is 4.66. The highest BCUT2D eigenvalue weighted by atomic mass is 35.5. The molecule has 0 radical (unpaired) electrons. The van der Waals surface area contributed by atoms with Crippen molar-refractivity contribution in [1.29, 1.82) is 0 Å². The molecule has 9 heteroatoms. The summed E-state index contributed by atoms with van der Waals surface area (Å²) in [5, 5.41) is 4.81. The summed E-state index contributed by atoms with van der Waals surface area (Å²) in [6, 6.07) is 10.5. The second-order valence-corrected chi connectivity index (χ2v) is 8.04. The second kappa shape index (κ2) is 9.89. The van der Waals surface area contributed by atoms with Gasteiger partial charge in [-0.25, -0.2) is 0 Å². The van der Waals surface area contributed by atoms with Crippen LogP contribution in [0.3, 0.4) is 0 Å². The monoisotopic (exact) mass is 459 g/mol. The number of nitrogens with zero attached hydrogens (tertiary/aromatic N) is 2. The molecule has 4 nitrogen and oxygen atoms in total. The van der Waals surface area contributed by atoms with Crippen molar-refractivity contribution in [3.05, 3.63) is 57.6 Å². The minimum Gasteiger partial charge on any atom is -0.433 e. The molecule has 0 atom stereocenters. The van der Waals surface area contributed by atoms with Crippen LogP contribution in [0.4, 0.5) is 14.5 Å². The number of thiocarbonyl (C=S) groups is 1. The molecule has 0 saturated carbocycles. The summed E-state index contributed by atoms with van der Waals surface area (Å²) >= 11 is 17.7. The number of anilines is 1. The summed E-state index contributed by atoms with van der Waals surface area (Å²) in [5.74, 6) is 0.0731. The molecule has 1 aliphatic rings. The minimum atomic E-state index is -2.89. The zero-order valence-corrected chi connectivity index (χ0v) is 18.1. The van der Waals surface area contributed by atoms with Crippen LogP contribution < -0.4 is 10.1 Å². The summed E-state index contributed by atoms with van der Waals surface area (Å²) in [4.78, 5) is 4.30. The first-order chi connectivity index (χ1) is 13.8. The van der Waals surface area contributed by atoms with Gasteiger partial charge in [-0.2, -0.15) is 8.78 Å². The summed E-state index contributed by atoms with van der Waals surface area (Å²) < 4.78 is 29.9. The number of rotatable bonds is 5. The van der Waals surface area contributed by atoms with Crippen molar-refractivity contribution < 1.29 is 13.5 Å². The molecular formula is C20H21Cl2F2N3OS. The number of benzene rings is 2. The minimum absolute atomic E-state index is 0.0731. The topological polar surface area (TPSA) is 27.7 Å². The lowest BCUT2D eigenvalue weighted by molar-refractivity contribution is -0.0493. The van der Waals surface area contributed by atoms with Gasteiger partial charge in [-0.15, -0.1) is 0 Å². The highest BCUT2D eigenvalue weighted by Gasteiger charge is 2.21. The van der Waals surface area contributed by atoms with E-state index in [0.29, 0.717) is 33.9 Å². The van der Waals surface area contributed by atoms with E-state index in [4.69, 9.17) is 35.4 Å². The number of halogens is 4. The number of ether oxygens (including phenoxy) is 1. The maximum Gasteiger partial charge on any atom is 0.387 e. The molecule has 0 aliphatic carbocycles. The van der Waals surface area contributed by atoms with E-state index in [1.807, 2.05) is 24.0 Å². The number of piperazine rings is 1. The Kier molecular flexibility index (Phi) is 7.51. The van der Waals surface area contributed by atoms with Crippen molar-refractivity contribution >= 4 is 46.2 Å². The van der Waals surface area contributed by atoms with Crippen LogP contribution in [0, 0.1) is 6.92 Å². The van der Waals surface area contributed by atoms with Crippen molar-refractivity contribution in [2.75, 3.05) is 31.5 Å². The van der Waals surface area contributed by atoms with Crippen LogP contribution in [0.25, 0.3) is 0 Å². The highest BCUT2D eigenvalue weighted by molar-refractivity contribution is 7.80. The number of hydrogen-bond acceptors (Lipinski definition) is 3. The summed E-state index contributed by atoms with van der Waals surface area (Å²) in [7, 11) is 0. The fourth-order valence-electron chi connectivity index (χ4n) is 3.13. The van der Waals surface area contributed by atoms with Crippen LogP contribution in [0.1, 0.15) is 11.1 Å². The standard InChI is InChI=1S/C20H21Cl2F2N3OS/c1-13-2-5-18(28-19(23)24)17(10-13)25-20(29)27-8-6-26(7-9-27)12-14-3-4-15(21)11-16(14)22/h2-5,10-11,19H,6-9,12H2,1H3,(H,25,29). The van der Waals surface area contributed by atoms with Gasteiger partial charge in [0.25, 0.3) is 0 Å². The van der Waals surface area contributed by atoms with E-state index in [1.54, 1.807) is 18.2 Å². The molecule has 3 rings (SSSR count). The van der Waals surface area contributed by atoms with Crippen LogP contribution in [0.2, 0.25) is 10.0 Å². The van der Waals surface area contributed by atoms with E-state index < -0.39 is 6.61 Å². The lowest BCUT2D eigenvalue weighted by atomic mass is 10.2. The van der Waals surface area contributed by atoms with Crippen molar-refractivity contribution in [3.63, 3.8) is 0 Å². The predicted molar refractivity (Wildman–Crippen MR) is 117 cm³/mol. The summed E-state index contributed by atoms with van der Waals surface area (Å²) in [6.07, 6.45) is 0. The molecule has 0 aromatic heterocycles. The third kappa shape index (κ3) is 6.15. The average molecular weight is 460 g/mol.